The van der Waals surface area contributed by atoms with Gasteiger partial charge in [0.05, 0.1) is 25.8 Å². The molecule has 156 valence electrons. The van der Waals surface area contributed by atoms with Crippen molar-refractivity contribution in [1.29, 1.82) is 0 Å². The van der Waals surface area contributed by atoms with E-state index in [1.54, 1.807) is 19.2 Å². The van der Waals surface area contributed by atoms with E-state index in [0.717, 1.165) is 25.1 Å². The molecule has 2 aliphatic rings. The van der Waals surface area contributed by atoms with E-state index >= 15 is 0 Å². The van der Waals surface area contributed by atoms with E-state index < -0.39 is 12.0 Å². The lowest BCUT2D eigenvalue weighted by Gasteiger charge is -2.34. The first kappa shape index (κ1) is 20.0. The lowest BCUT2D eigenvalue weighted by Crippen LogP contribution is -2.48. The molecule has 0 radical (unpaired) electrons. The molecule has 0 saturated carbocycles. The number of benzene rings is 2. The maximum Gasteiger partial charge on any atom is 0.338 e. The zero-order chi connectivity index (χ0) is 21.1. The maximum atomic E-state index is 12.7. The molecule has 0 bridgehead atoms. The fourth-order valence-electron chi connectivity index (χ4n) is 4.05. The lowest BCUT2D eigenvalue weighted by molar-refractivity contribution is -0.136. The first-order valence-electron chi connectivity index (χ1n) is 9.91. The molecule has 7 nitrogen and oxygen atoms in total. The molecule has 0 saturated heterocycles. The molecule has 2 aromatic rings. The highest BCUT2D eigenvalue weighted by atomic mass is 16.5. The fourth-order valence-corrected chi connectivity index (χ4v) is 4.05. The van der Waals surface area contributed by atoms with E-state index in [0.29, 0.717) is 23.6 Å². The van der Waals surface area contributed by atoms with Crippen molar-refractivity contribution in [3.8, 4) is 5.75 Å². The van der Waals surface area contributed by atoms with Crippen molar-refractivity contribution in [1.82, 2.24) is 15.5 Å². The van der Waals surface area contributed by atoms with Gasteiger partial charge in [-0.05, 0) is 35.2 Å². The molecule has 0 aliphatic carbocycles. The van der Waals surface area contributed by atoms with Gasteiger partial charge in [-0.2, -0.15) is 0 Å². The molecule has 2 heterocycles. The van der Waals surface area contributed by atoms with Crippen molar-refractivity contribution < 1.29 is 19.1 Å². The Kier molecular flexibility index (Phi) is 5.72. The Morgan fingerprint density at radius 1 is 1.10 bits per heavy atom. The van der Waals surface area contributed by atoms with E-state index in [1.807, 2.05) is 18.2 Å². The average Bonchev–Trinajstić information content (AvgIpc) is 2.78. The van der Waals surface area contributed by atoms with Gasteiger partial charge in [-0.1, -0.05) is 36.4 Å². The number of methoxy groups -OCH3 is 2. The average molecular weight is 407 g/mol. The highest BCUT2D eigenvalue weighted by Crippen LogP contribution is 2.30. The van der Waals surface area contributed by atoms with Gasteiger partial charge in [-0.3, -0.25) is 4.90 Å². The number of nitrogens with one attached hydrogen (secondary N) is 2. The number of nitrogens with zero attached hydrogens (tertiary/aromatic N) is 1. The van der Waals surface area contributed by atoms with Gasteiger partial charge < -0.3 is 20.1 Å². The molecule has 2 aliphatic heterocycles. The van der Waals surface area contributed by atoms with Gasteiger partial charge in [-0.25, -0.2) is 9.59 Å². The van der Waals surface area contributed by atoms with Gasteiger partial charge in [0.2, 0.25) is 0 Å². The van der Waals surface area contributed by atoms with Gasteiger partial charge in [0.25, 0.3) is 0 Å². The third kappa shape index (κ3) is 4.02. The minimum Gasteiger partial charge on any atom is -0.497 e. The molecular weight excluding hydrogens is 382 g/mol. The predicted molar refractivity (Wildman–Crippen MR) is 112 cm³/mol. The van der Waals surface area contributed by atoms with Crippen LogP contribution < -0.4 is 15.4 Å². The maximum absolute atomic E-state index is 12.7. The second kappa shape index (κ2) is 8.59. The molecule has 7 heteroatoms. The van der Waals surface area contributed by atoms with Crippen LogP contribution in [0.25, 0.3) is 0 Å². The quantitative estimate of drug-likeness (QED) is 0.745. The Morgan fingerprint density at radius 2 is 1.83 bits per heavy atom. The van der Waals surface area contributed by atoms with Gasteiger partial charge in [-0.15, -0.1) is 0 Å². The van der Waals surface area contributed by atoms with Crippen molar-refractivity contribution in [3.05, 3.63) is 76.5 Å². The summed E-state index contributed by atoms with van der Waals surface area (Å²) in [6, 6.07) is 14.7. The van der Waals surface area contributed by atoms with Crippen molar-refractivity contribution >= 4 is 12.0 Å². The number of esters is 1. The summed E-state index contributed by atoms with van der Waals surface area (Å²) < 4.78 is 10.3. The topological polar surface area (TPSA) is 79.9 Å². The van der Waals surface area contributed by atoms with Crippen LogP contribution in [0.3, 0.4) is 0 Å². The summed E-state index contributed by atoms with van der Waals surface area (Å²) >= 11 is 0. The fraction of sp³-hybridized carbons (Fsp3) is 0.304. The summed E-state index contributed by atoms with van der Waals surface area (Å²) in [6.45, 7) is 2.08. The molecular formula is C23H25N3O4. The smallest absolute Gasteiger partial charge is 0.338 e. The number of hydrogen-bond donors (Lipinski definition) is 2. The van der Waals surface area contributed by atoms with Crippen LogP contribution in [0.2, 0.25) is 0 Å². The predicted octanol–water partition coefficient (Wildman–Crippen LogP) is 2.53. The summed E-state index contributed by atoms with van der Waals surface area (Å²) in [5, 5.41) is 5.69. The third-order valence-electron chi connectivity index (χ3n) is 5.60. The minimum atomic E-state index is -0.593. The normalized spacial score (nSPS) is 18.9. The summed E-state index contributed by atoms with van der Waals surface area (Å²) in [5.41, 5.74) is 4.40. The molecule has 1 atom stereocenters. The Bertz CT molecular complexity index is 984. The Labute approximate surface area is 175 Å². The number of hydrogen-bond acceptors (Lipinski definition) is 5. The Balaban J connectivity index is 1.66. The van der Waals surface area contributed by atoms with Gasteiger partial charge >= 0.3 is 12.0 Å². The Morgan fingerprint density at radius 3 is 2.53 bits per heavy atom. The van der Waals surface area contributed by atoms with Crippen LogP contribution in [0, 0.1) is 0 Å². The standard InChI is InChI=1S/C23H25N3O4/c1-29-18-9-7-16(8-10-18)21-20(22(27)30-2)19(24-23(28)25-21)14-26-12-11-15-5-3-4-6-17(15)13-26/h3-10,21H,11-14H2,1-2H3,(H2,24,25,28). The molecule has 30 heavy (non-hydrogen) atoms. The number of rotatable bonds is 5. The highest BCUT2D eigenvalue weighted by molar-refractivity contribution is 5.95. The van der Waals surface area contributed by atoms with Crippen molar-refractivity contribution in [2.75, 3.05) is 27.3 Å². The molecule has 0 aromatic heterocycles. The van der Waals surface area contributed by atoms with E-state index in [4.69, 9.17) is 9.47 Å². The number of carbonyl (C=O) groups excluding carboxylic acids is 2. The van der Waals surface area contributed by atoms with E-state index in [-0.39, 0.29) is 6.03 Å². The van der Waals surface area contributed by atoms with E-state index in [2.05, 4.69) is 33.7 Å². The van der Waals surface area contributed by atoms with Crippen molar-refractivity contribution in [2.24, 2.45) is 0 Å². The zero-order valence-corrected chi connectivity index (χ0v) is 17.1. The lowest BCUT2D eigenvalue weighted by atomic mass is 9.94. The van der Waals surface area contributed by atoms with Crippen molar-refractivity contribution in [3.63, 3.8) is 0 Å². The summed E-state index contributed by atoms with van der Waals surface area (Å²) in [7, 11) is 2.95. The van der Waals surface area contributed by atoms with Crippen LogP contribution in [-0.4, -0.2) is 44.2 Å². The largest absolute Gasteiger partial charge is 0.497 e. The molecule has 2 amide bonds. The van der Waals surface area contributed by atoms with Crippen LogP contribution >= 0.6 is 0 Å². The van der Waals surface area contributed by atoms with Gasteiger partial charge in [0.1, 0.15) is 5.75 Å². The molecule has 0 fully saturated rings. The number of carbonyl (C=O) groups is 2. The molecule has 4 rings (SSSR count). The van der Waals surface area contributed by atoms with Crippen LogP contribution in [-0.2, 0) is 22.5 Å². The monoisotopic (exact) mass is 407 g/mol. The van der Waals surface area contributed by atoms with Crippen molar-refractivity contribution in [2.45, 2.75) is 19.0 Å². The SMILES string of the molecule is COC(=O)C1=C(CN2CCc3ccccc3C2)NC(=O)NC1c1ccc(OC)cc1. The van der Waals surface area contributed by atoms with E-state index in [9.17, 15) is 9.59 Å². The van der Waals surface area contributed by atoms with E-state index in [1.165, 1.54) is 18.2 Å². The van der Waals surface area contributed by atoms with Gasteiger partial charge in [0, 0.05) is 25.3 Å². The van der Waals surface area contributed by atoms with Crippen LogP contribution in [0.1, 0.15) is 22.7 Å². The number of fused-ring (bicyclic) bond motifs is 1. The Hall–Kier alpha value is -3.32. The summed E-state index contributed by atoms with van der Waals surface area (Å²) in [4.78, 5) is 27.4. The molecule has 0 spiro atoms. The first-order chi connectivity index (χ1) is 14.6. The molecule has 1 unspecified atom stereocenters. The van der Waals surface area contributed by atoms with Crippen LogP contribution in [0.5, 0.6) is 5.75 Å². The van der Waals surface area contributed by atoms with Crippen LogP contribution in [0.4, 0.5) is 4.79 Å². The zero-order valence-electron chi connectivity index (χ0n) is 17.1. The first-order valence-corrected chi connectivity index (χ1v) is 9.91. The second-order valence-corrected chi connectivity index (χ2v) is 7.42. The van der Waals surface area contributed by atoms with Crippen LogP contribution in [0.15, 0.2) is 59.8 Å². The number of ether oxygens (including phenoxy) is 2. The third-order valence-corrected chi connectivity index (χ3v) is 5.60. The molecule has 2 aromatic carbocycles. The summed E-state index contributed by atoms with van der Waals surface area (Å²) in [6.07, 6.45) is 0.936. The molecule has 2 N–H and O–H groups in total. The highest BCUT2D eigenvalue weighted by Gasteiger charge is 2.34. The summed E-state index contributed by atoms with van der Waals surface area (Å²) in [5.74, 6) is 0.241. The number of urea groups is 1. The minimum absolute atomic E-state index is 0.337. The second-order valence-electron chi connectivity index (χ2n) is 7.42. The number of amides is 2. The van der Waals surface area contributed by atoms with Gasteiger partial charge in [0.15, 0.2) is 0 Å².